The molecule has 0 spiro atoms. The van der Waals surface area contributed by atoms with E-state index in [4.69, 9.17) is 28.9 Å². The van der Waals surface area contributed by atoms with Crippen LogP contribution in [0.3, 0.4) is 0 Å². The van der Waals surface area contributed by atoms with Gasteiger partial charge in [0.25, 0.3) is 0 Å². The van der Waals surface area contributed by atoms with E-state index in [0.717, 1.165) is 22.8 Å². The molecule has 2 N–H and O–H groups in total. The van der Waals surface area contributed by atoms with Crippen LogP contribution < -0.4 is 10.6 Å². The molecular formula is C15H16Cl2N2. The maximum absolute atomic E-state index is 6.17. The Labute approximate surface area is 123 Å². The molecule has 0 saturated heterocycles. The Morgan fingerprint density at radius 3 is 2.37 bits per heavy atom. The van der Waals surface area contributed by atoms with Gasteiger partial charge in [0.2, 0.25) is 0 Å². The maximum Gasteiger partial charge on any atom is 0.0471 e. The van der Waals surface area contributed by atoms with Gasteiger partial charge in [-0.1, -0.05) is 41.4 Å². The predicted molar refractivity (Wildman–Crippen MR) is 82.9 cm³/mol. The van der Waals surface area contributed by atoms with Gasteiger partial charge in [-0.25, -0.2) is 0 Å². The monoisotopic (exact) mass is 294 g/mol. The van der Waals surface area contributed by atoms with Gasteiger partial charge < -0.3 is 10.6 Å². The molecule has 2 aromatic carbocycles. The second-order valence-electron chi connectivity index (χ2n) is 4.42. The van der Waals surface area contributed by atoms with Crippen molar-refractivity contribution in [3.05, 3.63) is 63.6 Å². The number of nitrogens with two attached hydrogens (primary N) is 1. The van der Waals surface area contributed by atoms with Gasteiger partial charge in [-0.2, -0.15) is 0 Å². The molecule has 0 aliphatic carbocycles. The van der Waals surface area contributed by atoms with Gasteiger partial charge in [0.15, 0.2) is 0 Å². The highest BCUT2D eigenvalue weighted by Crippen LogP contribution is 2.27. The zero-order valence-corrected chi connectivity index (χ0v) is 12.2. The Bertz CT molecular complexity index is 553. The minimum absolute atomic E-state index is 0.431. The highest BCUT2D eigenvalue weighted by Gasteiger charge is 2.09. The molecule has 2 aromatic rings. The fourth-order valence-electron chi connectivity index (χ4n) is 2.06. The largest absolute Gasteiger partial charge is 0.370 e. The number of hydrogen-bond acceptors (Lipinski definition) is 2. The van der Waals surface area contributed by atoms with E-state index < -0.39 is 0 Å². The number of halogens is 2. The first kappa shape index (κ1) is 14.2. The third-order valence-corrected chi connectivity index (χ3v) is 3.65. The summed E-state index contributed by atoms with van der Waals surface area (Å²) in [5, 5.41) is 1.46. The molecule has 0 unspecified atom stereocenters. The third-order valence-electron chi connectivity index (χ3n) is 3.04. The first-order chi connectivity index (χ1) is 9.11. The second kappa shape index (κ2) is 6.29. The normalized spacial score (nSPS) is 10.5. The quantitative estimate of drug-likeness (QED) is 0.920. The molecule has 19 heavy (non-hydrogen) atoms. The molecule has 2 rings (SSSR count). The lowest BCUT2D eigenvalue weighted by Crippen LogP contribution is -2.19. The Balaban J connectivity index is 2.22. The molecule has 0 amide bonds. The molecule has 0 atom stereocenters. The van der Waals surface area contributed by atoms with Crippen LogP contribution in [0, 0.1) is 0 Å². The van der Waals surface area contributed by atoms with Crippen LogP contribution >= 0.6 is 23.2 Å². The molecular weight excluding hydrogens is 279 g/mol. The van der Waals surface area contributed by atoms with E-state index in [1.54, 1.807) is 0 Å². The van der Waals surface area contributed by atoms with Crippen LogP contribution in [0.1, 0.15) is 11.1 Å². The summed E-state index contributed by atoms with van der Waals surface area (Å²) in [6.45, 7) is 1.21. The van der Waals surface area contributed by atoms with E-state index in [1.807, 2.05) is 49.5 Å². The average molecular weight is 295 g/mol. The molecule has 0 saturated carbocycles. The zero-order chi connectivity index (χ0) is 13.8. The molecule has 0 aromatic heterocycles. The molecule has 0 bridgehead atoms. The van der Waals surface area contributed by atoms with Gasteiger partial charge in [-0.15, -0.1) is 0 Å². The fraction of sp³-hybridized carbons (Fsp3) is 0.200. The van der Waals surface area contributed by atoms with E-state index in [1.165, 1.54) is 5.56 Å². The molecule has 4 heteroatoms. The van der Waals surface area contributed by atoms with Crippen molar-refractivity contribution in [2.45, 2.75) is 13.1 Å². The van der Waals surface area contributed by atoms with Crippen molar-refractivity contribution in [2.24, 2.45) is 5.73 Å². The topological polar surface area (TPSA) is 29.3 Å². The standard InChI is InChI=1S/C15H16Cl2N2/c1-19(10-11-5-7-12(16)8-6-11)15-4-2-3-14(17)13(15)9-18/h2-8H,9-10,18H2,1H3. The molecule has 0 fully saturated rings. The third kappa shape index (κ3) is 3.41. The first-order valence-corrected chi connectivity index (χ1v) is 6.80. The van der Waals surface area contributed by atoms with Gasteiger partial charge >= 0.3 is 0 Å². The smallest absolute Gasteiger partial charge is 0.0471 e. The molecule has 100 valence electrons. The van der Waals surface area contributed by atoms with Gasteiger partial charge in [0.05, 0.1) is 0 Å². The lowest BCUT2D eigenvalue weighted by atomic mass is 10.1. The van der Waals surface area contributed by atoms with Crippen molar-refractivity contribution in [3.8, 4) is 0 Å². The number of nitrogens with zero attached hydrogens (tertiary/aromatic N) is 1. The van der Waals surface area contributed by atoms with Crippen LogP contribution in [0.4, 0.5) is 5.69 Å². The maximum atomic E-state index is 6.17. The summed E-state index contributed by atoms with van der Waals surface area (Å²) < 4.78 is 0. The predicted octanol–water partition coefficient (Wildman–Crippen LogP) is 4.09. The Morgan fingerprint density at radius 1 is 1.05 bits per heavy atom. The van der Waals surface area contributed by atoms with Crippen LogP contribution in [-0.4, -0.2) is 7.05 Å². The van der Waals surface area contributed by atoms with E-state index >= 15 is 0 Å². The van der Waals surface area contributed by atoms with Gasteiger partial charge in [-0.3, -0.25) is 0 Å². The number of benzene rings is 2. The summed E-state index contributed by atoms with van der Waals surface area (Å²) in [5.41, 5.74) is 9.00. The summed E-state index contributed by atoms with van der Waals surface area (Å²) >= 11 is 12.1. The molecule has 2 nitrogen and oxygen atoms in total. The Kier molecular flexibility index (Phi) is 4.70. The molecule has 0 aliphatic rings. The van der Waals surface area contributed by atoms with Gasteiger partial charge in [-0.05, 0) is 29.8 Å². The van der Waals surface area contributed by atoms with Crippen LogP contribution in [-0.2, 0) is 13.1 Å². The van der Waals surface area contributed by atoms with Crippen LogP contribution in [0.25, 0.3) is 0 Å². The zero-order valence-electron chi connectivity index (χ0n) is 10.7. The highest BCUT2D eigenvalue weighted by atomic mass is 35.5. The van der Waals surface area contributed by atoms with Crippen molar-refractivity contribution in [2.75, 3.05) is 11.9 Å². The summed E-state index contributed by atoms with van der Waals surface area (Å²) in [6, 6.07) is 13.7. The van der Waals surface area contributed by atoms with Crippen molar-refractivity contribution in [1.82, 2.24) is 0 Å². The second-order valence-corrected chi connectivity index (χ2v) is 5.27. The molecule has 0 aliphatic heterocycles. The summed E-state index contributed by atoms with van der Waals surface area (Å²) in [7, 11) is 2.03. The fourth-order valence-corrected chi connectivity index (χ4v) is 2.43. The van der Waals surface area contributed by atoms with Crippen LogP contribution in [0.2, 0.25) is 10.0 Å². The van der Waals surface area contributed by atoms with E-state index in [-0.39, 0.29) is 0 Å². The minimum Gasteiger partial charge on any atom is -0.370 e. The van der Waals surface area contributed by atoms with Crippen molar-refractivity contribution in [3.63, 3.8) is 0 Å². The number of hydrogen-bond donors (Lipinski definition) is 1. The van der Waals surface area contributed by atoms with E-state index in [0.29, 0.717) is 11.6 Å². The minimum atomic E-state index is 0.431. The molecule has 0 heterocycles. The summed E-state index contributed by atoms with van der Waals surface area (Å²) in [6.07, 6.45) is 0. The van der Waals surface area contributed by atoms with Crippen LogP contribution in [0.15, 0.2) is 42.5 Å². The summed E-state index contributed by atoms with van der Waals surface area (Å²) in [4.78, 5) is 2.14. The molecule has 0 radical (unpaired) electrons. The van der Waals surface area contributed by atoms with Crippen molar-refractivity contribution in [1.29, 1.82) is 0 Å². The Hall–Kier alpha value is -1.22. The summed E-state index contributed by atoms with van der Waals surface area (Å²) in [5.74, 6) is 0. The van der Waals surface area contributed by atoms with Crippen molar-refractivity contribution < 1.29 is 0 Å². The number of rotatable bonds is 4. The SMILES string of the molecule is CN(Cc1ccc(Cl)cc1)c1cccc(Cl)c1CN. The van der Waals surface area contributed by atoms with Crippen molar-refractivity contribution >= 4 is 28.9 Å². The first-order valence-electron chi connectivity index (χ1n) is 6.05. The van der Waals surface area contributed by atoms with Gasteiger partial charge in [0, 0.05) is 41.4 Å². The Morgan fingerprint density at radius 2 is 1.74 bits per heavy atom. The number of anilines is 1. The highest BCUT2D eigenvalue weighted by molar-refractivity contribution is 6.31. The van der Waals surface area contributed by atoms with Crippen LogP contribution in [0.5, 0.6) is 0 Å². The average Bonchev–Trinajstić information content (AvgIpc) is 2.41. The van der Waals surface area contributed by atoms with E-state index in [9.17, 15) is 0 Å². The lowest BCUT2D eigenvalue weighted by Gasteiger charge is -2.23. The van der Waals surface area contributed by atoms with Gasteiger partial charge in [0.1, 0.15) is 0 Å². The van der Waals surface area contributed by atoms with E-state index in [2.05, 4.69) is 4.90 Å². The lowest BCUT2D eigenvalue weighted by molar-refractivity contribution is 0.904.